The van der Waals surface area contributed by atoms with E-state index in [1.165, 1.54) is 19.3 Å². The van der Waals surface area contributed by atoms with Crippen molar-refractivity contribution in [1.29, 1.82) is 0 Å². The summed E-state index contributed by atoms with van der Waals surface area (Å²) in [7, 11) is 0. The number of amides is 1. The number of ether oxygens (including phenoxy) is 2. The summed E-state index contributed by atoms with van der Waals surface area (Å²) in [6.45, 7) is 3.55. The topological polar surface area (TPSA) is 149 Å². The average molecular weight is 852 g/mol. The summed E-state index contributed by atoms with van der Waals surface area (Å²) < 4.78 is 11.1. The predicted octanol–water partition coefficient (Wildman–Crippen LogP) is 10.3. The van der Waals surface area contributed by atoms with Crippen LogP contribution < -0.4 is 5.32 Å². The molecule has 1 aliphatic heterocycles. The molecule has 7 atom stereocenters. The Kier molecular flexibility index (Phi) is 37.5. The molecule has 1 saturated heterocycles. The van der Waals surface area contributed by atoms with Crippen LogP contribution in [0.2, 0.25) is 0 Å². The van der Waals surface area contributed by atoms with Gasteiger partial charge in [-0.25, -0.2) is 0 Å². The first-order valence-corrected chi connectivity index (χ1v) is 23.6. The van der Waals surface area contributed by atoms with E-state index in [0.717, 1.165) is 116 Å². The highest BCUT2D eigenvalue weighted by Crippen LogP contribution is 2.22. The van der Waals surface area contributed by atoms with Crippen molar-refractivity contribution in [3.8, 4) is 0 Å². The van der Waals surface area contributed by atoms with Gasteiger partial charge in [0.15, 0.2) is 6.29 Å². The monoisotopic (exact) mass is 852 g/mol. The molecule has 346 valence electrons. The number of nitrogens with one attached hydrogen (secondary N) is 1. The quantitative estimate of drug-likeness (QED) is 0.0267. The van der Waals surface area contributed by atoms with Gasteiger partial charge in [-0.3, -0.25) is 4.79 Å². The Morgan fingerprint density at radius 3 is 1.51 bits per heavy atom. The number of carbonyl (C=O) groups excluding carboxylic acids is 1. The Morgan fingerprint density at radius 1 is 0.574 bits per heavy atom. The maximum absolute atomic E-state index is 12.9. The van der Waals surface area contributed by atoms with Crippen LogP contribution in [0, 0.1) is 0 Å². The molecule has 0 radical (unpaired) electrons. The molecule has 1 amide bonds. The summed E-state index contributed by atoms with van der Waals surface area (Å²) in [5.41, 5.74) is 0. The minimum Gasteiger partial charge on any atom is -0.394 e. The molecular formula is C52H85NO8. The lowest BCUT2D eigenvalue weighted by Crippen LogP contribution is -2.60. The smallest absolute Gasteiger partial charge is 0.220 e. The highest BCUT2D eigenvalue weighted by Gasteiger charge is 2.44. The molecule has 0 spiro atoms. The molecule has 0 saturated carbocycles. The van der Waals surface area contributed by atoms with Crippen molar-refractivity contribution in [2.24, 2.45) is 0 Å². The van der Waals surface area contributed by atoms with Crippen molar-refractivity contribution in [1.82, 2.24) is 5.32 Å². The summed E-state index contributed by atoms with van der Waals surface area (Å²) >= 11 is 0. The van der Waals surface area contributed by atoms with E-state index in [2.05, 4.69) is 116 Å². The van der Waals surface area contributed by atoms with Gasteiger partial charge < -0.3 is 40.3 Å². The molecule has 0 aromatic carbocycles. The molecule has 1 aliphatic rings. The third-order valence-corrected chi connectivity index (χ3v) is 10.4. The van der Waals surface area contributed by atoms with E-state index >= 15 is 0 Å². The van der Waals surface area contributed by atoms with E-state index in [0.29, 0.717) is 6.42 Å². The van der Waals surface area contributed by atoms with Crippen LogP contribution in [0.1, 0.15) is 155 Å². The Labute approximate surface area is 370 Å². The second-order valence-corrected chi connectivity index (χ2v) is 15.8. The molecule has 9 nitrogen and oxygen atoms in total. The van der Waals surface area contributed by atoms with Crippen molar-refractivity contribution in [3.63, 3.8) is 0 Å². The molecule has 1 rings (SSSR count). The number of rotatable bonds is 37. The van der Waals surface area contributed by atoms with Gasteiger partial charge in [0.1, 0.15) is 24.4 Å². The van der Waals surface area contributed by atoms with E-state index in [1.54, 1.807) is 6.08 Å². The average Bonchev–Trinajstić information content (AvgIpc) is 3.26. The first-order valence-electron chi connectivity index (χ1n) is 23.6. The van der Waals surface area contributed by atoms with Crippen LogP contribution in [0.25, 0.3) is 0 Å². The van der Waals surface area contributed by atoms with E-state index in [1.807, 2.05) is 6.08 Å². The molecule has 0 bridgehead atoms. The SMILES string of the molecule is CC/C=C\C/C=C\C/C=C\C/C=C\C/C=C\C/C=C\C/C=C\C/C=C\CCCCCCCCC(=O)NC(COC1OC(CO)C(O)C(O)C1O)C(O)/C=C/CCCCCCC. The highest BCUT2D eigenvalue weighted by atomic mass is 16.7. The summed E-state index contributed by atoms with van der Waals surface area (Å²) in [5.74, 6) is -0.203. The van der Waals surface area contributed by atoms with Crippen LogP contribution in [0.4, 0.5) is 0 Å². The van der Waals surface area contributed by atoms with Crippen LogP contribution in [0.3, 0.4) is 0 Å². The lowest BCUT2D eigenvalue weighted by atomic mass is 9.99. The van der Waals surface area contributed by atoms with Crippen LogP contribution in [0.5, 0.6) is 0 Å². The van der Waals surface area contributed by atoms with Crippen molar-refractivity contribution in [3.05, 3.63) is 109 Å². The van der Waals surface area contributed by atoms with Gasteiger partial charge in [-0.1, -0.05) is 175 Å². The second-order valence-electron chi connectivity index (χ2n) is 15.8. The Balaban J connectivity index is 2.20. The number of aliphatic hydroxyl groups is 5. The number of hydrogen-bond donors (Lipinski definition) is 6. The van der Waals surface area contributed by atoms with Crippen molar-refractivity contribution in [2.45, 2.75) is 198 Å². The molecule has 0 aromatic rings. The van der Waals surface area contributed by atoms with Gasteiger partial charge in [-0.2, -0.15) is 0 Å². The Hall–Kier alpha value is -3.15. The summed E-state index contributed by atoms with van der Waals surface area (Å²) in [6, 6.07) is -0.817. The van der Waals surface area contributed by atoms with E-state index in [9.17, 15) is 30.3 Å². The predicted molar refractivity (Wildman–Crippen MR) is 253 cm³/mol. The minimum absolute atomic E-state index is 0.203. The minimum atomic E-state index is -1.57. The van der Waals surface area contributed by atoms with Crippen LogP contribution in [-0.2, 0) is 14.3 Å². The zero-order chi connectivity index (χ0) is 44.4. The highest BCUT2D eigenvalue weighted by molar-refractivity contribution is 5.76. The molecule has 9 heteroatoms. The molecule has 0 aromatic heterocycles. The zero-order valence-electron chi connectivity index (χ0n) is 37.9. The molecule has 1 heterocycles. The van der Waals surface area contributed by atoms with Crippen molar-refractivity contribution < 1.29 is 39.8 Å². The van der Waals surface area contributed by atoms with Gasteiger partial charge in [-0.15, -0.1) is 0 Å². The van der Waals surface area contributed by atoms with E-state index in [4.69, 9.17) is 9.47 Å². The van der Waals surface area contributed by atoms with Gasteiger partial charge >= 0.3 is 0 Å². The fourth-order valence-corrected chi connectivity index (χ4v) is 6.58. The molecular weight excluding hydrogens is 767 g/mol. The van der Waals surface area contributed by atoms with Crippen LogP contribution in [0.15, 0.2) is 109 Å². The number of unbranched alkanes of at least 4 members (excludes halogenated alkanes) is 11. The van der Waals surface area contributed by atoms with Crippen LogP contribution >= 0.6 is 0 Å². The number of hydrogen-bond acceptors (Lipinski definition) is 8. The summed E-state index contributed by atoms with van der Waals surface area (Å²) in [5, 5.41) is 53.9. The second kappa shape index (κ2) is 40.9. The van der Waals surface area contributed by atoms with Crippen molar-refractivity contribution in [2.75, 3.05) is 13.2 Å². The first-order chi connectivity index (χ1) is 29.8. The first kappa shape index (κ1) is 55.9. The number of aliphatic hydroxyl groups excluding tert-OH is 5. The van der Waals surface area contributed by atoms with Crippen molar-refractivity contribution >= 4 is 5.91 Å². The largest absolute Gasteiger partial charge is 0.394 e. The number of allylic oxidation sites excluding steroid dienone is 17. The lowest BCUT2D eigenvalue weighted by Gasteiger charge is -2.40. The Bertz CT molecular complexity index is 1310. The van der Waals surface area contributed by atoms with E-state index < -0.39 is 49.5 Å². The maximum Gasteiger partial charge on any atom is 0.220 e. The zero-order valence-corrected chi connectivity index (χ0v) is 37.9. The molecule has 6 N–H and O–H groups in total. The summed E-state index contributed by atoms with van der Waals surface area (Å²) in [4.78, 5) is 12.9. The molecule has 0 aliphatic carbocycles. The normalized spacial score (nSPS) is 21.5. The maximum atomic E-state index is 12.9. The third kappa shape index (κ3) is 31.4. The van der Waals surface area contributed by atoms with Gasteiger partial charge in [0.25, 0.3) is 0 Å². The van der Waals surface area contributed by atoms with Gasteiger partial charge in [0.2, 0.25) is 5.91 Å². The van der Waals surface area contributed by atoms with Crippen LogP contribution in [-0.4, -0.2) is 87.5 Å². The van der Waals surface area contributed by atoms with E-state index in [-0.39, 0.29) is 12.5 Å². The Morgan fingerprint density at radius 2 is 1.02 bits per heavy atom. The van der Waals surface area contributed by atoms with Gasteiger partial charge in [0, 0.05) is 6.42 Å². The van der Waals surface area contributed by atoms with Gasteiger partial charge in [0.05, 0.1) is 25.4 Å². The summed E-state index contributed by atoms with van der Waals surface area (Å²) in [6.07, 6.45) is 53.1. The molecule has 61 heavy (non-hydrogen) atoms. The molecule has 1 fully saturated rings. The number of carbonyl (C=O) groups is 1. The standard InChI is InChI=1S/C52H85NO8/c1-3-5-7-9-11-12-13-14-15-16-17-18-19-20-21-22-23-24-25-26-27-28-29-30-31-32-33-34-36-38-40-42-48(56)53-45(46(55)41-39-37-35-10-8-6-4-2)44-60-52-51(59)50(58)49(57)47(43-54)61-52/h5,7,11-12,14-15,17-18,20-21,23-24,26-27,29-30,39,41,45-47,49-52,54-55,57-59H,3-4,6,8-10,13,16,19,22,25,28,31-38,40,42-44H2,1-2H3,(H,53,56)/b7-5-,12-11-,15-14-,18-17-,21-20-,24-23-,27-26-,30-29-,41-39+. The fourth-order valence-electron chi connectivity index (χ4n) is 6.58. The fraction of sp³-hybridized carbons (Fsp3) is 0.635. The lowest BCUT2D eigenvalue weighted by molar-refractivity contribution is -0.302. The van der Waals surface area contributed by atoms with Gasteiger partial charge in [-0.05, 0) is 83.5 Å². The third-order valence-electron chi connectivity index (χ3n) is 10.4. The molecule has 7 unspecified atom stereocenters.